The first-order valence-electron chi connectivity index (χ1n) is 4.72. The normalized spacial score (nSPS) is 11.5. The molecule has 0 aliphatic heterocycles. The lowest BCUT2D eigenvalue weighted by atomic mass is 10.1. The average Bonchev–Trinajstić information content (AvgIpc) is 2.26. The lowest BCUT2D eigenvalue weighted by Gasteiger charge is -1.99. The van der Waals surface area contributed by atoms with Gasteiger partial charge in [0.1, 0.15) is 0 Å². The minimum absolute atomic E-state index is 0.0147. The van der Waals surface area contributed by atoms with E-state index in [-0.39, 0.29) is 12.3 Å². The topological polar surface area (TPSA) is 63.4 Å². The zero-order valence-corrected chi connectivity index (χ0v) is 8.51. The molecule has 0 saturated carbocycles. The van der Waals surface area contributed by atoms with Crippen molar-refractivity contribution in [1.29, 1.82) is 0 Å². The van der Waals surface area contributed by atoms with Gasteiger partial charge in [-0.3, -0.25) is 10.1 Å². The van der Waals surface area contributed by atoms with Crippen molar-refractivity contribution in [2.45, 2.75) is 13.3 Å². The summed E-state index contributed by atoms with van der Waals surface area (Å²) in [6, 6.07) is 6.35. The van der Waals surface area contributed by atoms with Gasteiger partial charge in [-0.1, -0.05) is 25.1 Å². The smallest absolute Gasteiger partial charge is 0.270 e. The summed E-state index contributed by atoms with van der Waals surface area (Å²) in [5.74, 6) is 0. The van der Waals surface area contributed by atoms with E-state index in [9.17, 15) is 10.1 Å². The van der Waals surface area contributed by atoms with Crippen LogP contribution in [0.15, 0.2) is 29.8 Å². The maximum Gasteiger partial charge on any atom is 0.270 e. The highest BCUT2D eigenvalue weighted by Gasteiger charge is 2.04. The van der Waals surface area contributed by atoms with Gasteiger partial charge >= 0.3 is 0 Å². The highest BCUT2D eigenvalue weighted by Crippen LogP contribution is 2.16. The third kappa shape index (κ3) is 3.18. The molecule has 1 rings (SSSR count). The van der Waals surface area contributed by atoms with Crippen LogP contribution in [0.1, 0.15) is 18.9 Å². The number of nitrogens with zero attached hydrogens (tertiary/aromatic N) is 1. The van der Waals surface area contributed by atoms with Crippen molar-refractivity contribution in [1.82, 2.24) is 0 Å². The molecule has 1 aromatic rings. The summed E-state index contributed by atoms with van der Waals surface area (Å²) in [5, 5.41) is 19.5. The molecule has 0 fully saturated rings. The first kappa shape index (κ1) is 11.4. The number of hydrogen-bond acceptors (Lipinski definition) is 3. The van der Waals surface area contributed by atoms with Crippen LogP contribution in [-0.2, 0) is 0 Å². The fraction of sp³-hybridized carbons (Fsp3) is 0.273. The number of aliphatic hydroxyl groups excluding tert-OH is 1. The van der Waals surface area contributed by atoms with Gasteiger partial charge in [-0.2, -0.15) is 0 Å². The van der Waals surface area contributed by atoms with Crippen molar-refractivity contribution in [2.24, 2.45) is 0 Å². The molecule has 0 radical (unpaired) electrons. The Labute approximate surface area is 88.0 Å². The van der Waals surface area contributed by atoms with Gasteiger partial charge in [0.15, 0.2) is 0 Å². The van der Waals surface area contributed by atoms with Gasteiger partial charge in [0, 0.05) is 12.1 Å². The zero-order chi connectivity index (χ0) is 11.3. The van der Waals surface area contributed by atoms with Gasteiger partial charge in [-0.25, -0.2) is 0 Å². The van der Waals surface area contributed by atoms with Crippen molar-refractivity contribution in [3.05, 3.63) is 45.5 Å². The highest BCUT2D eigenvalue weighted by molar-refractivity contribution is 5.56. The molecule has 80 valence electrons. The monoisotopic (exact) mass is 207 g/mol. The predicted octanol–water partition coefficient (Wildman–Crippen LogP) is 2.38. The number of nitro benzene ring substituents is 1. The Kier molecular flexibility index (Phi) is 4.00. The van der Waals surface area contributed by atoms with Crippen LogP contribution in [-0.4, -0.2) is 16.6 Å². The second kappa shape index (κ2) is 5.26. The molecule has 0 aliphatic rings. The summed E-state index contributed by atoms with van der Waals surface area (Å²) >= 11 is 0. The summed E-state index contributed by atoms with van der Waals surface area (Å²) in [6.45, 7) is 1.92. The largest absolute Gasteiger partial charge is 0.392 e. The van der Waals surface area contributed by atoms with E-state index in [0.29, 0.717) is 0 Å². The quantitative estimate of drug-likeness (QED) is 0.609. The standard InChI is InChI=1S/C11H13NO3/c1-2-9(8-13)6-10-4-3-5-11(7-10)12(14)15/h3-7,13H,2,8H2,1H3. The van der Waals surface area contributed by atoms with E-state index in [0.717, 1.165) is 17.6 Å². The van der Waals surface area contributed by atoms with Crippen LogP contribution in [0.4, 0.5) is 5.69 Å². The molecule has 0 atom stereocenters. The maximum absolute atomic E-state index is 10.5. The Bertz CT molecular complexity index is 379. The third-order valence-electron chi connectivity index (χ3n) is 2.11. The highest BCUT2D eigenvalue weighted by atomic mass is 16.6. The van der Waals surface area contributed by atoms with Crippen molar-refractivity contribution >= 4 is 11.8 Å². The summed E-state index contributed by atoms with van der Waals surface area (Å²) in [4.78, 5) is 10.1. The van der Waals surface area contributed by atoms with E-state index in [1.54, 1.807) is 18.2 Å². The van der Waals surface area contributed by atoms with Gasteiger partial charge < -0.3 is 5.11 Å². The average molecular weight is 207 g/mol. The lowest BCUT2D eigenvalue weighted by molar-refractivity contribution is -0.384. The Morgan fingerprint density at radius 2 is 2.33 bits per heavy atom. The third-order valence-corrected chi connectivity index (χ3v) is 2.11. The zero-order valence-electron chi connectivity index (χ0n) is 8.51. The van der Waals surface area contributed by atoms with E-state index >= 15 is 0 Å². The molecular weight excluding hydrogens is 194 g/mol. The SMILES string of the molecule is CCC(=Cc1cccc([N+](=O)[O-])c1)CO. The molecule has 0 spiro atoms. The Morgan fingerprint density at radius 3 is 2.87 bits per heavy atom. The molecule has 4 heteroatoms. The van der Waals surface area contributed by atoms with Gasteiger partial charge in [-0.05, 0) is 17.6 Å². The number of nitro groups is 1. The molecule has 1 N–H and O–H groups in total. The number of benzene rings is 1. The van der Waals surface area contributed by atoms with Crippen LogP contribution in [0.5, 0.6) is 0 Å². The maximum atomic E-state index is 10.5. The van der Waals surface area contributed by atoms with E-state index in [4.69, 9.17) is 5.11 Å². The summed E-state index contributed by atoms with van der Waals surface area (Å²) in [6.07, 6.45) is 2.51. The Morgan fingerprint density at radius 1 is 1.60 bits per heavy atom. The fourth-order valence-corrected chi connectivity index (χ4v) is 1.22. The first-order chi connectivity index (χ1) is 7.17. The van der Waals surface area contributed by atoms with Crippen molar-refractivity contribution in [3.63, 3.8) is 0 Å². The fourth-order valence-electron chi connectivity index (χ4n) is 1.22. The van der Waals surface area contributed by atoms with Crippen LogP contribution < -0.4 is 0 Å². The Hall–Kier alpha value is -1.68. The van der Waals surface area contributed by atoms with E-state index < -0.39 is 4.92 Å². The van der Waals surface area contributed by atoms with Gasteiger partial charge in [0.2, 0.25) is 0 Å². The number of hydrogen-bond donors (Lipinski definition) is 1. The predicted molar refractivity (Wildman–Crippen MR) is 58.5 cm³/mol. The van der Waals surface area contributed by atoms with Gasteiger partial charge in [0.05, 0.1) is 11.5 Å². The minimum atomic E-state index is -0.429. The van der Waals surface area contributed by atoms with Crippen LogP contribution in [0.3, 0.4) is 0 Å². The van der Waals surface area contributed by atoms with Gasteiger partial charge in [0.25, 0.3) is 5.69 Å². The van der Waals surface area contributed by atoms with Gasteiger partial charge in [-0.15, -0.1) is 0 Å². The van der Waals surface area contributed by atoms with Crippen molar-refractivity contribution in [2.75, 3.05) is 6.61 Å². The van der Waals surface area contributed by atoms with Crippen LogP contribution in [0, 0.1) is 10.1 Å². The molecule has 0 heterocycles. The second-order valence-corrected chi connectivity index (χ2v) is 3.17. The van der Waals surface area contributed by atoms with E-state index in [1.165, 1.54) is 12.1 Å². The number of aliphatic hydroxyl groups is 1. The molecule has 0 aromatic heterocycles. The van der Waals surface area contributed by atoms with Crippen LogP contribution in [0.2, 0.25) is 0 Å². The van der Waals surface area contributed by atoms with Crippen molar-refractivity contribution in [3.8, 4) is 0 Å². The molecule has 0 bridgehead atoms. The number of non-ortho nitro benzene ring substituents is 1. The van der Waals surface area contributed by atoms with Crippen LogP contribution in [0.25, 0.3) is 6.08 Å². The molecule has 0 amide bonds. The molecule has 15 heavy (non-hydrogen) atoms. The molecular formula is C11H13NO3. The summed E-state index contributed by atoms with van der Waals surface area (Å²) < 4.78 is 0. The van der Waals surface area contributed by atoms with Crippen LogP contribution >= 0.6 is 0 Å². The van der Waals surface area contributed by atoms with Crippen molar-refractivity contribution < 1.29 is 10.0 Å². The second-order valence-electron chi connectivity index (χ2n) is 3.17. The van der Waals surface area contributed by atoms with E-state index in [1.807, 2.05) is 6.92 Å². The molecule has 4 nitrogen and oxygen atoms in total. The van der Waals surface area contributed by atoms with E-state index in [2.05, 4.69) is 0 Å². The summed E-state index contributed by atoms with van der Waals surface area (Å²) in [5.41, 5.74) is 1.67. The minimum Gasteiger partial charge on any atom is -0.392 e. The molecule has 0 aliphatic carbocycles. The molecule has 0 unspecified atom stereocenters. The Balaban J connectivity index is 3.00. The molecule has 0 saturated heterocycles. The first-order valence-corrected chi connectivity index (χ1v) is 4.72. The number of rotatable bonds is 4. The summed E-state index contributed by atoms with van der Waals surface area (Å²) in [7, 11) is 0. The lowest BCUT2D eigenvalue weighted by Crippen LogP contribution is -1.90. The molecule has 1 aromatic carbocycles.